The average Bonchev–Trinajstić information content (AvgIpc) is 2.19. The molecule has 0 spiro atoms. The van der Waals surface area contributed by atoms with Gasteiger partial charge >= 0.3 is 6.03 Å². The monoisotopic (exact) mass is 196 g/mol. The van der Waals surface area contributed by atoms with E-state index in [1.807, 2.05) is 17.9 Å². The van der Waals surface area contributed by atoms with E-state index in [0.717, 1.165) is 38.3 Å². The molecule has 0 saturated carbocycles. The lowest BCUT2D eigenvalue weighted by Gasteiger charge is -2.29. The summed E-state index contributed by atoms with van der Waals surface area (Å²) >= 11 is 0. The molecule has 80 valence electrons. The highest BCUT2D eigenvalue weighted by atomic mass is 16.2. The van der Waals surface area contributed by atoms with Crippen LogP contribution in [-0.4, -0.2) is 24.0 Å². The van der Waals surface area contributed by atoms with E-state index in [-0.39, 0.29) is 6.03 Å². The zero-order chi connectivity index (χ0) is 10.4. The fourth-order valence-electron chi connectivity index (χ4n) is 1.55. The highest BCUT2D eigenvalue weighted by molar-refractivity contribution is 5.75. The molecule has 1 fully saturated rings. The normalized spacial score (nSPS) is 18.9. The lowest BCUT2D eigenvalue weighted by Crippen LogP contribution is -2.42. The number of piperidine rings is 1. The predicted molar refractivity (Wildman–Crippen MR) is 57.9 cm³/mol. The van der Waals surface area contributed by atoms with Gasteiger partial charge in [-0.3, -0.25) is 0 Å². The molecule has 0 aliphatic carbocycles. The van der Waals surface area contributed by atoms with Crippen LogP contribution < -0.4 is 5.32 Å². The molecule has 1 saturated heterocycles. The zero-order valence-electron chi connectivity index (χ0n) is 9.12. The molecule has 0 atom stereocenters. The number of carbonyl (C=O) groups is 1. The van der Waals surface area contributed by atoms with Gasteiger partial charge in [0.2, 0.25) is 0 Å². The van der Waals surface area contributed by atoms with Gasteiger partial charge in [0.1, 0.15) is 0 Å². The summed E-state index contributed by atoms with van der Waals surface area (Å²) in [6, 6.07) is 0.0431. The topological polar surface area (TPSA) is 32.3 Å². The molecule has 1 heterocycles. The Hall–Kier alpha value is -0.990. The van der Waals surface area contributed by atoms with E-state index in [1.54, 1.807) is 6.20 Å². The first-order valence-electron chi connectivity index (χ1n) is 5.44. The number of hydrogen-bond acceptors (Lipinski definition) is 1. The van der Waals surface area contributed by atoms with Crippen molar-refractivity contribution in [2.75, 3.05) is 13.1 Å². The van der Waals surface area contributed by atoms with Gasteiger partial charge in [-0.1, -0.05) is 19.9 Å². The molecular formula is C11H20N2O. The van der Waals surface area contributed by atoms with Crippen LogP contribution in [0.5, 0.6) is 0 Å². The molecule has 3 nitrogen and oxygen atoms in total. The maximum absolute atomic E-state index is 11.5. The smallest absolute Gasteiger partial charge is 0.321 e. The van der Waals surface area contributed by atoms with Crippen LogP contribution in [0.3, 0.4) is 0 Å². The number of allylic oxidation sites excluding steroid dienone is 1. The molecule has 1 N–H and O–H groups in total. The lowest BCUT2D eigenvalue weighted by molar-refractivity contribution is 0.177. The summed E-state index contributed by atoms with van der Waals surface area (Å²) < 4.78 is 0. The standard InChI is InChI=1S/C11H20N2O/c1-3-4-7-12-11(14)13-8-5-10(2)6-9-13/h4,7,10H,3,5-6,8-9H2,1-2H3,(H,12,14)/b7-4+. The Balaban J connectivity index is 2.27. The second-order valence-corrected chi connectivity index (χ2v) is 3.93. The Bertz CT molecular complexity index is 205. The van der Waals surface area contributed by atoms with Crippen LogP contribution in [0.2, 0.25) is 0 Å². The van der Waals surface area contributed by atoms with Crippen LogP contribution in [0.1, 0.15) is 33.1 Å². The fourth-order valence-corrected chi connectivity index (χ4v) is 1.55. The zero-order valence-corrected chi connectivity index (χ0v) is 9.12. The van der Waals surface area contributed by atoms with Crippen LogP contribution >= 0.6 is 0 Å². The molecule has 0 aromatic rings. The number of hydrogen-bond donors (Lipinski definition) is 1. The molecule has 0 aromatic carbocycles. The third kappa shape index (κ3) is 3.40. The van der Waals surface area contributed by atoms with Crippen molar-refractivity contribution in [1.29, 1.82) is 0 Å². The Labute approximate surface area is 86.2 Å². The van der Waals surface area contributed by atoms with Gasteiger partial charge in [-0.05, 0) is 25.2 Å². The number of likely N-dealkylation sites (tertiary alicyclic amines) is 1. The van der Waals surface area contributed by atoms with E-state index in [2.05, 4.69) is 12.2 Å². The van der Waals surface area contributed by atoms with Crippen LogP contribution in [0.15, 0.2) is 12.3 Å². The van der Waals surface area contributed by atoms with Crippen LogP contribution in [0.4, 0.5) is 4.79 Å². The van der Waals surface area contributed by atoms with E-state index in [9.17, 15) is 4.79 Å². The summed E-state index contributed by atoms with van der Waals surface area (Å²) in [6.07, 6.45) is 6.90. The van der Waals surface area contributed by atoms with Crippen LogP contribution in [0, 0.1) is 5.92 Å². The van der Waals surface area contributed by atoms with Crippen molar-refractivity contribution in [3.05, 3.63) is 12.3 Å². The van der Waals surface area contributed by atoms with Crippen molar-refractivity contribution < 1.29 is 4.79 Å². The Morgan fingerprint density at radius 3 is 2.71 bits per heavy atom. The minimum Gasteiger partial charge on any atom is -0.325 e. The van der Waals surface area contributed by atoms with Gasteiger partial charge in [0, 0.05) is 19.3 Å². The first kappa shape index (κ1) is 11.1. The van der Waals surface area contributed by atoms with Gasteiger partial charge in [-0.25, -0.2) is 4.79 Å². The Kier molecular flexibility index (Phi) is 4.50. The third-order valence-electron chi connectivity index (χ3n) is 2.63. The SMILES string of the molecule is CC/C=C/NC(=O)N1CCC(C)CC1. The van der Waals surface area contributed by atoms with Gasteiger partial charge in [0.25, 0.3) is 0 Å². The largest absolute Gasteiger partial charge is 0.325 e. The number of amides is 2. The minimum atomic E-state index is 0.0431. The quantitative estimate of drug-likeness (QED) is 0.722. The van der Waals surface area contributed by atoms with Crippen molar-refractivity contribution in [2.24, 2.45) is 5.92 Å². The molecule has 0 unspecified atom stereocenters. The van der Waals surface area contributed by atoms with Crippen molar-refractivity contribution >= 4 is 6.03 Å². The van der Waals surface area contributed by atoms with Crippen molar-refractivity contribution in [1.82, 2.24) is 10.2 Å². The summed E-state index contributed by atoms with van der Waals surface area (Å²) in [5, 5.41) is 2.77. The predicted octanol–water partition coefficient (Wildman–Crippen LogP) is 2.35. The molecule has 1 aliphatic rings. The molecule has 0 bridgehead atoms. The Morgan fingerprint density at radius 1 is 1.50 bits per heavy atom. The first-order valence-corrected chi connectivity index (χ1v) is 5.44. The lowest BCUT2D eigenvalue weighted by atomic mass is 10.00. The maximum atomic E-state index is 11.5. The molecule has 0 radical (unpaired) electrons. The molecule has 14 heavy (non-hydrogen) atoms. The van der Waals surface area contributed by atoms with Crippen molar-refractivity contribution in [3.8, 4) is 0 Å². The molecule has 1 rings (SSSR count). The molecule has 3 heteroatoms. The number of carbonyl (C=O) groups excluding carboxylic acids is 1. The summed E-state index contributed by atoms with van der Waals surface area (Å²) in [7, 11) is 0. The van der Waals surface area contributed by atoms with Gasteiger partial charge in [-0.2, -0.15) is 0 Å². The van der Waals surface area contributed by atoms with Crippen molar-refractivity contribution in [2.45, 2.75) is 33.1 Å². The maximum Gasteiger partial charge on any atom is 0.321 e. The number of rotatable bonds is 2. The number of nitrogens with one attached hydrogen (secondary N) is 1. The summed E-state index contributed by atoms with van der Waals surface area (Å²) in [5.74, 6) is 0.769. The van der Waals surface area contributed by atoms with Gasteiger partial charge in [0.05, 0.1) is 0 Å². The average molecular weight is 196 g/mol. The summed E-state index contributed by atoms with van der Waals surface area (Å²) in [4.78, 5) is 13.4. The van der Waals surface area contributed by atoms with E-state index < -0.39 is 0 Å². The highest BCUT2D eigenvalue weighted by Crippen LogP contribution is 2.15. The number of nitrogens with zero attached hydrogens (tertiary/aromatic N) is 1. The summed E-state index contributed by atoms with van der Waals surface area (Å²) in [5.41, 5.74) is 0. The van der Waals surface area contributed by atoms with E-state index in [0.29, 0.717) is 0 Å². The second kappa shape index (κ2) is 5.68. The van der Waals surface area contributed by atoms with Gasteiger partial charge in [-0.15, -0.1) is 0 Å². The molecule has 2 amide bonds. The second-order valence-electron chi connectivity index (χ2n) is 3.93. The van der Waals surface area contributed by atoms with E-state index in [1.165, 1.54) is 0 Å². The minimum absolute atomic E-state index is 0.0431. The van der Waals surface area contributed by atoms with E-state index >= 15 is 0 Å². The highest BCUT2D eigenvalue weighted by Gasteiger charge is 2.18. The van der Waals surface area contributed by atoms with Crippen LogP contribution in [0.25, 0.3) is 0 Å². The fraction of sp³-hybridized carbons (Fsp3) is 0.727. The first-order chi connectivity index (χ1) is 6.74. The van der Waals surface area contributed by atoms with Gasteiger partial charge < -0.3 is 10.2 Å². The van der Waals surface area contributed by atoms with Crippen LogP contribution in [-0.2, 0) is 0 Å². The number of urea groups is 1. The Morgan fingerprint density at radius 2 is 2.14 bits per heavy atom. The molecule has 1 aliphatic heterocycles. The molecular weight excluding hydrogens is 176 g/mol. The summed E-state index contributed by atoms with van der Waals surface area (Å²) in [6.45, 7) is 6.08. The molecule has 0 aromatic heterocycles. The van der Waals surface area contributed by atoms with E-state index in [4.69, 9.17) is 0 Å². The van der Waals surface area contributed by atoms with Crippen molar-refractivity contribution in [3.63, 3.8) is 0 Å². The third-order valence-corrected chi connectivity index (χ3v) is 2.63. The van der Waals surface area contributed by atoms with Gasteiger partial charge in [0.15, 0.2) is 0 Å².